The number of rotatable bonds is 5. The van der Waals surface area contributed by atoms with Crippen molar-refractivity contribution in [1.82, 2.24) is 20.3 Å². The first-order valence-electron chi connectivity index (χ1n) is 9.81. The quantitative estimate of drug-likeness (QED) is 0.460. The molecule has 2 N–H and O–H groups in total. The first kappa shape index (κ1) is 20.5. The molecule has 0 unspecified atom stereocenters. The fourth-order valence-corrected chi connectivity index (χ4v) is 3.28. The van der Waals surface area contributed by atoms with Crippen molar-refractivity contribution in [2.24, 2.45) is 0 Å². The molecular formula is C23H21N5O2S. The van der Waals surface area contributed by atoms with E-state index in [2.05, 4.69) is 20.8 Å². The van der Waals surface area contributed by atoms with E-state index in [-0.39, 0.29) is 11.0 Å². The third-order valence-corrected chi connectivity index (χ3v) is 4.73. The second-order valence-corrected chi connectivity index (χ2v) is 7.31. The lowest BCUT2D eigenvalue weighted by atomic mass is 10.1. The van der Waals surface area contributed by atoms with Gasteiger partial charge in [-0.25, -0.2) is 0 Å². The van der Waals surface area contributed by atoms with Gasteiger partial charge in [-0.15, -0.1) is 10.2 Å². The van der Waals surface area contributed by atoms with Crippen molar-refractivity contribution in [3.63, 3.8) is 0 Å². The lowest BCUT2D eigenvalue weighted by Crippen LogP contribution is -2.34. The third kappa shape index (κ3) is 4.87. The number of ether oxygens (including phenoxy) is 1. The van der Waals surface area contributed by atoms with Crippen molar-refractivity contribution in [2.45, 2.75) is 13.8 Å². The summed E-state index contributed by atoms with van der Waals surface area (Å²) in [4.78, 5) is 13.9. The summed E-state index contributed by atoms with van der Waals surface area (Å²) in [5.41, 5.74) is 4.54. The van der Waals surface area contributed by atoms with E-state index < -0.39 is 0 Å². The Morgan fingerprint density at radius 2 is 1.81 bits per heavy atom. The number of benzene rings is 3. The van der Waals surface area contributed by atoms with Crippen LogP contribution in [0.25, 0.3) is 16.7 Å². The molecule has 7 nitrogen and oxygen atoms in total. The van der Waals surface area contributed by atoms with Crippen LogP contribution in [0, 0.1) is 6.92 Å². The first-order valence-corrected chi connectivity index (χ1v) is 10.2. The van der Waals surface area contributed by atoms with Crippen LogP contribution in [0.4, 0.5) is 5.69 Å². The average molecular weight is 432 g/mol. The highest BCUT2D eigenvalue weighted by molar-refractivity contribution is 7.80. The van der Waals surface area contributed by atoms with E-state index in [9.17, 15) is 4.79 Å². The maximum atomic E-state index is 12.4. The summed E-state index contributed by atoms with van der Waals surface area (Å²) in [5, 5.41) is 15.0. The Bertz CT molecular complexity index is 1250. The number of carbonyl (C=O) groups is 1. The molecule has 0 aliphatic heterocycles. The number of carbonyl (C=O) groups excluding carboxylic acids is 1. The Hall–Kier alpha value is -3.78. The minimum Gasteiger partial charge on any atom is -0.494 e. The van der Waals surface area contributed by atoms with Crippen LogP contribution in [-0.4, -0.2) is 32.6 Å². The summed E-state index contributed by atoms with van der Waals surface area (Å²) < 4.78 is 5.47. The normalized spacial score (nSPS) is 10.6. The van der Waals surface area contributed by atoms with E-state index in [0.717, 1.165) is 22.5 Å². The van der Waals surface area contributed by atoms with Crippen molar-refractivity contribution in [3.05, 3.63) is 77.9 Å². The van der Waals surface area contributed by atoms with E-state index in [0.29, 0.717) is 23.4 Å². The fraction of sp³-hybridized carbons (Fsp3) is 0.130. The van der Waals surface area contributed by atoms with Gasteiger partial charge in [0.05, 0.1) is 12.3 Å². The lowest BCUT2D eigenvalue weighted by molar-refractivity contribution is 0.0977. The van der Waals surface area contributed by atoms with Crippen molar-refractivity contribution in [2.75, 3.05) is 11.9 Å². The fourth-order valence-electron chi connectivity index (χ4n) is 3.07. The van der Waals surface area contributed by atoms with Crippen LogP contribution in [0.5, 0.6) is 5.75 Å². The van der Waals surface area contributed by atoms with Crippen molar-refractivity contribution in [3.8, 4) is 11.4 Å². The number of fused-ring (bicyclic) bond motifs is 1. The van der Waals surface area contributed by atoms with E-state index >= 15 is 0 Å². The van der Waals surface area contributed by atoms with Crippen LogP contribution >= 0.6 is 12.2 Å². The van der Waals surface area contributed by atoms with Crippen molar-refractivity contribution in [1.29, 1.82) is 0 Å². The van der Waals surface area contributed by atoms with E-state index in [1.165, 1.54) is 0 Å². The maximum absolute atomic E-state index is 12.4. The molecule has 1 amide bonds. The molecule has 0 bridgehead atoms. The summed E-state index contributed by atoms with van der Waals surface area (Å²) >= 11 is 5.29. The number of nitrogens with zero attached hydrogens (tertiary/aromatic N) is 3. The number of aryl methyl sites for hydroxylation is 1. The van der Waals surface area contributed by atoms with Gasteiger partial charge in [0.2, 0.25) is 0 Å². The van der Waals surface area contributed by atoms with Gasteiger partial charge < -0.3 is 10.1 Å². The molecule has 3 aromatic carbocycles. The smallest absolute Gasteiger partial charge is 0.257 e. The average Bonchev–Trinajstić information content (AvgIpc) is 3.18. The van der Waals surface area contributed by atoms with Crippen LogP contribution in [0.2, 0.25) is 0 Å². The number of amides is 1. The van der Waals surface area contributed by atoms with Crippen LogP contribution < -0.4 is 15.4 Å². The summed E-state index contributed by atoms with van der Waals surface area (Å²) in [6, 6.07) is 20.4. The maximum Gasteiger partial charge on any atom is 0.257 e. The van der Waals surface area contributed by atoms with E-state index in [1.54, 1.807) is 10.9 Å². The number of hydrogen-bond acceptors (Lipinski definition) is 5. The lowest BCUT2D eigenvalue weighted by Gasteiger charge is -2.09. The molecule has 0 aliphatic carbocycles. The number of aromatic nitrogens is 3. The molecule has 0 spiro atoms. The van der Waals surface area contributed by atoms with Gasteiger partial charge in [-0.05, 0) is 80.7 Å². The second-order valence-electron chi connectivity index (χ2n) is 6.90. The molecule has 0 saturated heterocycles. The zero-order valence-electron chi connectivity index (χ0n) is 17.1. The SMILES string of the molecule is CCOc1ccc(-n2nc3ccc(NC(=S)NC(=O)c4cccc(C)c4)cc3n2)cc1. The molecule has 0 saturated carbocycles. The number of hydrogen-bond donors (Lipinski definition) is 2. The van der Waals surface area contributed by atoms with Gasteiger partial charge in [-0.1, -0.05) is 17.7 Å². The molecule has 1 aromatic heterocycles. The van der Waals surface area contributed by atoms with Crippen LogP contribution in [-0.2, 0) is 0 Å². The molecule has 156 valence electrons. The van der Waals surface area contributed by atoms with Gasteiger partial charge in [0.1, 0.15) is 16.8 Å². The highest BCUT2D eigenvalue weighted by Crippen LogP contribution is 2.19. The summed E-state index contributed by atoms with van der Waals surface area (Å²) in [6.07, 6.45) is 0. The Morgan fingerprint density at radius 1 is 1.03 bits per heavy atom. The predicted octanol–water partition coefficient (Wildman–Crippen LogP) is 4.25. The van der Waals surface area contributed by atoms with Gasteiger partial charge in [0.15, 0.2) is 5.11 Å². The first-order chi connectivity index (χ1) is 15.0. The standard InChI is InChI=1S/C23H21N5O2S/c1-3-30-19-10-8-18(9-11-19)28-26-20-12-7-17(14-21(20)27-28)24-23(31)25-22(29)16-6-4-5-15(2)13-16/h4-14H,3H2,1-2H3,(H2,24,25,29,31). The second kappa shape index (κ2) is 8.93. The summed E-state index contributed by atoms with van der Waals surface area (Å²) in [5.74, 6) is 0.541. The third-order valence-electron chi connectivity index (χ3n) is 4.52. The van der Waals surface area contributed by atoms with Crippen LogP contribution in [0.3, 0.4) is 0 Å². The number of nitrogens with one attached hydrogen (secondary N) is 2. The minimum absolute atomic E-state index is 0.213. The van der Waals surface area contributed by atoms with E-state index in [4.69, 9.17) is 17.0 Å². The Morgan fingerprint density at radius 3 is 2.55 bits per heavy atom. The highest BCUT2D eigenvalue weighted by Gasteiger charge is 2.10. The van der Waals surface area contributed by atoms with Crippen molar-refractivity contribution < 1.29 is 9.53 Å². The Balaban J connectivity index is 1.46. The largest absolute Gasteiger partial charge is 0.494 e. The van der Waals surface area contributed by atoms with Gasteiger partial charge in [-0.3, -0.25) is 10.1 Å². The van der Waals surface area contributed by atoms with Gasteiger partial charge in [0.25, 0.3) is 5.91 Å². The van der Waals surface area contributed by atoms with Gasteiger partial charge in [0, 0.05) is 11.3 Å². The summed E-state index contributed by atoms with van der Waals surface area (Å²) in [7, 11) is 0. The van der Waals surface area contributed by atoms with Gasteiger partial charge in [-0.2, -0.15) is 4.80 Å². The molecule has 0 atom stereocenters. The molecule has 0 fully saturated rings. The predicted molar refractivity (Wildman–Crippen MR) is 125 cm³/mol. The molecular weight excluding hydrogens is 410 g/mol. The van der Waals surface area contributed by atoms with E-state index in [1.807, 2.05) is 74.5 Å². The number of anilines is 1. The zero-order valence-corrected chi connectivity index (χ0v) is 17.9. The molecule has 0 radical (unpaired) electrons. The molecule has 31 heavy (non-hydrogen) atoms. The minimum atomic E-state index is -0.260. The van der Waals surface area contributed by atoms with Crippen LogP contribution in [0.15, 0.2) is 66.7 Å². The number of thiocarbonyl (C=S) groups is 1. The van der Waals surface area contributed by atoms with Crippen molar-refractivity contribution >= 4 is 40.0 Å². The Kier molecular flexibility index (Phi) is 5.90. The Labute approximate surface area is 185 Å². The summed E-state index contributed by atoms with van der Waals surface area (Å²) in [6.45, 7) is 4.50. The zero-order chi connectivity index (χ0) is 21.8. The molecule has 0 aliphatic rings. The topological polar surface area (TPSA) is 81.1 Å². The van der Waals surface area contributed by atoms with Gasteiger partial charge >= 0.3 is 0 Å². The molecule has 8 heteroatoms. The highest BCUT2D eigenvalue weighted by atomic mass is 32.1. The van der Waals surface area contributed by atoms with Crippen LogP contribution in [0.1, 0.15) is 22.8 Å². The molecule has 1 heterocycles. The monoisotopic (exact) mass is 431 g/mol. The molecule has 4 aromatic rings. The molecule has 4 rings (SSSR count).